The molecule has 2 nitrogen and oxygen atoms in total. The Morgan fingerprint density at radius 2 is 2.33 bits per heavy atom. The van der Waals surface area contributed by atoms with Gasteiger partial charge < -0.3 is 0 Å². The Hall–Kier alpha value is -0.660. The summed E-state index contributed by atoms with van der Waals surface area (Å²) in [5, 5.41) is 0. The molecule has 50 valence electrons. The maximum Gasteiger partial charge on any atom is 0.289 e. The summed E-state index contributed by atoms with van der Waals surface area (Å²) in [5.74, 6) is 1.14. The second kappa shape index (κ2) is 2.29. The summed E-state index contributed by atoms with van der Waals surface area (Å²) in [6, 6.07) is 0.566. The number of aliphatic imine (C=N–C) groups is 1. The lowest BCUT2D eigenvalue weighted by Crippen LogP contribution is -2.22. The van der Waals surface area contributed by atoms with Crippen LogP contribution in [0.15, 0.2) is 4.99 Å². The molecule has 0 aromatic heterocycles. The van der Waals surface area contributed by atoms with E-state index in [1.807, 2.05) is 6.92 Å². The van der Waals surface area contributed by atoms with E-state index in [1.165, 1.54) is 0 Å². The zero-order valence-corrected chi connectivity index (χ0v) is 6.26. The molecular formula is C7H13N2+. The Morgan fingerprint density at radius 3 is 2.56 bits per heavy atom. The van der Waals surface area contributed by atoms with E-state index in [2.05, 4.69) is 29.6 Å². The molecule has 0 spiro atoms. The van der Waals surface area contributed by atoms with Crippen LogP contribution in [0.25, 0.3) is 0 Å². The van der Waals surface area contributed by atoms with Crippen molar-refractivity contribution in [1.82, 2.24) is 0 Å². The van der Waals surface area contributed by atoms with E-state index in [4.69, 9.17) is 0 Å². The first-order chi connectivity index (χ1) is 4.22. The highest BCUT2D eigenvalue weighted by atomic mass is 15.1. The van der Waals surface area contributed by atoms with E-state index < -0.39 is 0 Å². The maximum absolute atomic E-state index is 4.23. The largest absolute Gasteiger partial charge is 0.289 e. The summed E-state index contributed by atoms with van der Waals surface area (Å²) in [7, 11) is 0. The van der Waals surface area contributed by atoms with Gasteiger partial charge in [0.05, 0.1) is 6.04 Å². The fourth-order valence-electron chi connectivity index (χ4n) is 1.06. The third kappa shape index (κ3) is 1.18. The predicted molar refractivity (Wildman–Crippen MR) is 39.4 cm³/mol. The molecule has 0 atom stereocenters. The van der Waals surface area contributed by atoms with Crippen molar-refractivity contribution in [2.45, 2.75) is 26.8 Å². The van der Waals surface area contributed by atoms with Gasteiger partial charge in [-0.15, -0.1) is 0 Å². The highest BCUT2D eigenvalue weighted by Crippen LogP contribution is 1.95. The van der Waals surface area contributed by atoms with Crippen LogP contribution in [-0.4, -0.2) is 29.2 Å². The smallest absolute Gasteiger partial charge is 0.233 e. The number of nitrogens with zero attached hydrogens (tertiary/aromatic N) is 2. The molecule has 0 saturated carbocycles. The van der Waals surface area contributed by atoms with Gasteiger partial charge in [-0.25, -0.2) is 4.58 Å². The molecule has 1 aliphatic rings. The third-order valence-electron chi connectivity index (χ3n) is 1.53. The third-order valence-corrected chi connectivity index (χ3v) is 1.53. The molecule has 1 aliphatic heterocycles. The Morgan fingerprint density at radius 1 is 1.67 bits per heavy atom. The molecule has 9 heavy (non-hydrogen) atoms. The van der Waals surface area contributed by atoms with Gasteiger partial charge in [0.2, 0.25) is 0 Å². The van der Waals surface area contributed by atoms with Gasteiger partial charge in [0, 0.05) is 6.92 Å². The van der Waals surface area contributed by atoms with Crippen molar-refractivity contribution in [2.75, 3.05) is 6.54 Å². The molecule has 0 saturated heterocycles. The first-order valence-corrected chi connectivity index (χ1v) is 3.34. The molecule has 0 bridgehead atoms. The minimum atomic E-state index is 0.566. The second-order valence-electron chi connectivity index (χ2n) is 2.57. The van der Waals surface area contributed by atoms with Gasteiger partial charge in [0.1, 0.15) is 6.21 Å². The van der Waals surface area contributed by atoms with Crippen LogP contribution in [0.5, 0.6) is 0 Å². The van der Waals surface area contributed by atoms with Gasteiger partial charge in [-0.1, -0.05) is 4.99 Å². The molecule has 0 unspecified atom stereocenters. The van der Waals surface area contributed by atoms with Crippen LogP contribution in [0.1, 0.15) is 20.8 Å². The van der Waals surface area contributed by atoms with Crippen molar-refractivity contribution >= 4 is 12.1 Å². The fraction of sp³-hybridized carbons (Fsp3) is 0.714. The van der Waals surface area contributed by atoms with Crippen molar-refractivity contribution in [1.29, 1.82) is 0 Å². The van der Waals surface area contributed by atoms with Gasteiger partial charge >= 0.3 is 0 Å². The zero-order valence-electron chi connectivity index (χ0n) is 6.26. The summed E-state index contributed by atoms with van der Waals surface area (Å²) < 4.78 is 2.19. The Labute approximate surface area is 55.9 Å². The number of hydrogen-bond donors (Lipinski definition) is 0. The molecule has 0 radical (unpaired) electrons. The molecule has 0 aliphatic carbocycles. The van der Waals surface area contributed by atoms with E-state index in [-0.39, 0.29) is 0 Å². The average molecular weight is 125 g/mol. The minimum absolute atomic E-state index is 0.566. The molecule has 0 amide bonds. The second-order valence-corrected chi connectivity index (χ2v) is 2.57. The van der Waals surface area contributed by atoms with Crippen molar-refractivity contribution in [2.24, 2.45) is 4.99 Å². The molecule has 1 heterocycles. The summed E-state index contributed by atoms with van der Waals surface area (Å²) in [4.78, 5) is 4.23. The lowest BCUT2D eigenvalue weighted by atomic mass is 10.4. The molecule has 0 aromatic rings. The van der Waals surface area contributed by atoms with Crippen LogP contribution in [-0.2, 0) is 0 Å². The zero-order chi connectivity index (χ0) is 6.85. The first kappa shape index (κ1) is 6.46. The maximum atomic E-state index is 4.23. The topological polar surface area (TPSA) is 15.4 Å². The minimum Gasteiger partial charge on any atom is -0.233 e. The van der Waals surface area contributed by atoms with Crippen molar-refractivity contribution < 1.29 is 4.58 Å². The lowest BCUT2D eigenvalue weighted by Gasteiger charge is -2.02. The number of rotatable bonds is 1. The molecule has 1 rings (SSSR count). The van der Waals surface area contributed by atoms with Crippen molar-refractivity contribution in [3.63, 3.8) is 0 Å². The van der Waals surface area contributed by atoms with Crippen LogP contribution in [0.2, 0.25) is 0 Å². The molecule has 2 heteroatoms. The molecule has 0 N–H and O–H groups in total. The normalized spacial score (nSPS) is 18.2. The van der Waals surface area contributed by atoms with Crippen LogP contribution < -0.4 is 0 Å². The van der Waals surface area contributed by atoms with Gasteiger partial charge in [0.15, 0.2) is 6.54 Å². The highest BCUT2D eigenvalue weighted by Gasteiger charge is 2.16. The van der Waals surface area contributed by atoms with Crippen LogP contribution in [0.3, 0.4) is 0 Å². The van der Waals surface area contributed by atoms with E-state index in [1.54, 1.807) is 0 Å². The summed E-state index contributed by atoms with van der Waals surface area (Å²) in [6.07, 6.45) is 2.12. The molecule has 0 aromatic carbocycles. The summed E-state index contributed by atoms with van der Waals surface area (Å²) in [6.45, 7) is 7.25. The van der Waals surface area contributed by atoms with Gasteiger partial charge in [0.25, 0.3) is 5.84 Å². The molecule has 0 fully saturated rings. The lowest BCUT2D eigenvalue weighted by molar-refractivity contribution is -0.438. The first-order valence-electron chi connectivity index (χ1n) is 3.34. The van der Waals surface area contributed by atoms with Crippen LogP contribution in [0, 0.1) is 0 Å². The monoisotopic (exact) mass is 125 g/mol. The Bertz CT molecular complexity index is 166. The van der Waals surface area contributed by atoms with E-state index >= 15 is 0 Å². The van der Waals surface area contributed by atoms with E-state index in [9.17, 15) is 0 Å². The summed E-state index contributed by atoms with van der Waals surface area (Å²) in [5.41, 5.74) is 0. The predicted octanol–water partition coefficient (Wildman–Crippen LogP) is 0.910. The standard InChI is InChI=1S/C7H13N2/c1-6(2)9-5-4-8-7(9)3/h5-6H,4H2,1-3H3/q+1. The van der Waals surface area contributed by atoms with Gasteiger partial charge in [-0.05, 0) is 13.8 Å². The SMILES string of the molecule is CC1=NCC=[N+]1C(C)C. The fourth-order valence-corrected chi connectivity index (χ4v) is 1.06. The summed E-state index contributed by atoms with van der Waals surface area (Å²) >= 11 is 0. The average Bonchev–Trinajstić information content (AvgIpc) is 2.13. The van der Waals surface area contributed by atoms with Gasteiger partial charge in [-0.2, -0.15) is 0 Å². The van der Waals surface area contributed by atoms with Crippen LogP contribution in [0.4, 0.5) is 0 Å². The van der Waals surface area contributed by atoms with Gasteiger partial charge in [-0.3, -0.25) is 0 Å². The van der Waals surface area contributed by atoms with Crippen molar-refractivity contribution in [3.8, 4) is 0 Å². The highest BCUT2D eigenvalue weighted by molar-refractivity contribution is 5.81. The Kier molecular flexibility index (Phi) is 1.65. The number of hydrogen-bond acceptors (Lipinski definition) is 1. The quantitative estimate of drug-likeness (QED) is 0.463. The number of amidine groups is 1. The van der Waals surface area contributed by atoms with E-state index in [0.29, 0.717) is 6.04 Å². The van der Waals surface area contributed by atoms with Crippen molar-refractivity contribution in [3.05, 3.63) is 0 Å². The molecular weight excluding hydrogens is 112 g/mol. The van der Waals surface area contributed by atoms with E-state index in [0.717, 1.165) is 12.4 Å². The Balaban J connectivity index is 2.72. The van der Waals surface area contributed by atoms with Crippen LogP contribution >= 0.6 is 0 Å².